The van der Waals surface area contributed by atoms with Gasteiger partial charge in [-0.25, -0.2) is 9.97 Å². The van der Waals surface area contributed by atoms with E-state index in [-0.39, 0.29) is 181 Å². The van der Waals surface area contributed by atoms with E-state index in [1.807, 2.05) is 14.1 Å². The third-order valence-electron chi connectivity index (χ3n) is 20.0. The quantitative estimate of drug-likeness (QED) is 0.0138. The number of benzene rings is 2. The van der Waals surface area contributed by atoms with Gasteiger partial charge in [0.1, 0.15) is 28.7 Å². The fourth-order valence-corrected chi connectivity index (χ4v) is 14.3. The molecule has 0 aliphatic heterocycles. The number of halogens is 4. The molecule has 7 amide bonds. The summed E-state index contributed by atoms with van der Waals surface area (Å²) in [6.45, 7) is 2.89. The number of imidazole rings is 2. The molecule has 8 heterocycles. The van der Waals surface area contributed by atoms with Gasteiger partial charge in [-0.2, -0.15) is 13.2 Å². The lowest BCUT2D eigenvalue weighted by molar-refractivity contribution is -0.137. The number of aryl methyl sites for hydroxylation is 8. The van der Waals surface area contributed by atoms with E-state index in [0.717, 1.165) is 37.1 Å². The summed E-state index contributed by atoms with van der Waals surface area (Å²) in [5, 5.41) is 18.1. The summed E-state index contributed by atoms with van der Waals surface area (Å²) in [5.74, 6) is -4.82. The van der Waals surface area contributed by atoms with Crippen LogP contribution in [0, 0.1) is 0 Å². The molecule has 0 radical (unpaired) electrons. The topological polar surface area (TPSA) is 384 Å². The van der Waals surface area contributed by atoms with E-state index in [2.05, 4.69) is 52.1 Å². The number of carbonyl (C=O) groups is 13. The van der Waals surface area contributed by atoms with Gasteiger partial charge in [-0.3, -0.25) is 62.3 Å². The van der Waals surface area contributed by atoms with Gasteiger partial charge in [-0.05, 0) is 154 Å². The molecule has 8 aromatic heterocycles. The monoisotopic (exact) mass is 1700 g/mol. The Bertz CT molecular complexity index is 5660. The van der Waals surface area contributed by atoms with Crippen molar-refractivity contribution in [1.82, 2.24) is 62.0 Å². The summed E-state index contributed by atoms with van der Waals surface area (Å²) in [7, 11) is 17.2. The van der Waals surface area contributed by atoms with Crippen LogP contribution in [0.1, 0.15) is 199 Å². The second kappa shape index (κ2) is 40.6. The van der Waals surface area contributed by atoms with Crippen LogP contribution in [-0.4, -0.2) is 168 Å². The van der Waals surface area contributed by atoms with Crippen LogP contribution in [0.5, 0.6) is 5.75 Å². The Balaban J connectivity index is 0.601. The summed E-state index contributed by atoms with van der Waals surface area (Å²) in [6, 6.07) is 17.2. The molecule has 0 atom stereocenters. The number of ketones is 6. The number of hydrogen-bond acceptors (Lipinski definition) is 17. The first kappa shape index (κ1) is 91.0. The van der Waals surface area contributed by atoms with Crippen molar-refractivity contribution in [3.8, 4) is 5.75 Å². The van der Waals surface area contributed by atoms with Crippen LogP contribution in [0.3, 0.4) is 0 Å². The highest BCUT2D eigenvalue weighted by Gasteiger charge is 2.34. The molecule has 36 heteroatoms. The van der Waals surface area contributed by atoms with Gasteiger partial charge < -0.3 is 83.4 Å². The first-order chi connectivity index (χ1) is 57.9. The van der Waals surface area contributed by atoms with E-state index in [4.69, 9.17) is 16.3 Å². The first-order valence-corrected chi connectivity index (χ1v) is 39.8. The zero-order valence-corrected chi connectivity index (χ0v) is 70.4. The molecule has 2 aromatic carbocycles. The molecule has 0 saturated carbocycles. The van der Waals surface area contributed by atoms with Crippen LogP contribution >= 0.6 is 11.6 Å². The van der Waals surface area contributed by atoms with Gasteiger partial charge in [-0.15, -0.1) is 0 Å². The predicted molar refractivity (Wildman–Crippen MR) is 449 cm³/mol. The molecule has 0 saturated heterocycles. The number of Topliss-reactive ketones (excluding diaryl/α,β-unsaturated/α-hetero) is 6. The van der Waals surface area contributed by atoms with Gasteiger partial charge in [0.15, 0.2) is 34.8 Å². The van der Waals surface area contributed by atoms with Crippen LogP contribution in [0.2, 0.25) is 5.02 Å². The number of anilines is 5. The van der Waals surface area contributed by atoms with Gasteiger partial charge in [0.25, 0.3) is 29.5 Å². The number of alkyl halides is 3. The molecule has 0 fully saturated rings. The molecule has 122 heavy (non-hydrogen) atoms. The molecule has 0 unspecified atom stereocenters. The number of carbonyl (C=O) groups excluding carboxylic acids is 13. The van der Waals surface area contributed by atoms with E-state index >= 15 is 0 Å². The molecule has 32 nitrogen and oxygen atoms in total. The lowest BCUT2D eigenvalue weighted by atomic mass is 10.0. The number of ether oxygens (including phenoxy) is 1. The number of unbranched alkanes of at least 4 members (excludes halogenated alkanes) is 2. The molecule has 10 rings (SSSR count). The maximum Gasteiger partial charge on any atom is 0.417 e. The van der Waals surface area contributed by atoms with E-state index in [9.17, 15) is 75.5 Å². The molecular weight excluding hydrogens is 1600 g/mol. The van der Waals surface area contributed by atoms with Crippen molar-refractivity contribution in [3.05, 3.63) is 212 Å². The maximum atomic E-state index is 13.7. The number of aromatic nitrogens is 10. The molecule has 0 aliphatic carbocycles. The standard InChI is InChI=1S/C86H98ClF3N18O14/c1-12-122-74-25-22-51(32-61(74)81(117)94-56-23-24-63(87)62(40-56)86(88,89)90)30-59(109)18-13-14-21-77(115)91-28-26-78(116)93-57-41-68(105(8)47-57)82(118)99-76-50-108(11)80(97-76)85(121)95-58-42-69(106(9)48-58)83(119)98-75-49-107(10)79(96-75)84(120)92-27-17-19-60(110)31-52-33-65(102(5)43-52)71(112)38-54-35-67(104(7)45-54)73(114)39-55-36-66(103(6)46-55)72(113)37-53-34-64(101(4)44-53)70(111)20-15-16-29-100(2)3/h22-25,32-36,40-50H,12-21,26-31,37-39H2,1-11H3,(H,91,115)(H,92,120)(H,93,116)(H,94,117)(H,95,121)(H,98,119)(H,99,118). The van der Waals surface area contributed by atoms with Crippen molar-refractivity contribution >= 4 is 116 Å². The Morgan fingerprint density at radius 3 is 1.38 bits per heavy atom. The molecule has 7 N–H and O–H groups in total. The van der Waals surface area contributed by atoms with Gasteiger partial charge in [0, 0.05) is 189 Å². The normalized spacial score (nSPS) is 11.4. The Hall–Kier alpha value is -13.3. The van der Waals surface area contributed by atoms with E-state index in [1.165, 1.54) is 80.4 Å². The minimum atomic E-state index is -4.75. The molecule has 0 aliphatic rings. The third-order valence-corrected chi connectivity index (χ3v) is 20.4. The molecule has 0 spiro atoms. The molecular formula is C86H98ClF3N18O14. The van der Waals surface area contributed by atoms with E-state index < -0.39 is 52.2 Å². The largest absolute Gasteiger partial charge is 0.493 e. The number of hydrogen-bond donors (Lipinski definition) is 7. The predicted octanol–water partition coefficient (Wildman–Crippen LogP) is 10.6. The van der Waals surface area contributed by atoms with Gasteiger partial charge in [0.05, 0.1) is 56.9 Å². The zero-order chi connectivity index (χ0) is 88.6. The van der Waals surface area contributed by atoms with Crippen LogP contribution in [0.25, 0.3) is 0 Å². The van der Waals surface area contributed by atoms with Crippen molar-refractivity contribution in [3.63, 3.8) is 0 Å². The second-order valence-electron chi connectivity index (χ2n) is 30.4. The second-order valence-corrected chi connectivity index (χ2v) is 30.8. The van der Waals surface area contributed by atoms with Crippen LogP contribution in [0.4, 0.5) is 41.9 Å². The van der Waals surface area contributed by atoms with E-state index in [0.29, 0.717) is 70.7 Å². The van der Waals surface area contributed by atoms with Crippen LogP contribution in [-0.2, 0) is 114 Å². The highest BCUT2D eigenvalue weighted by atomic mass is 35.5. The Morgan fingerprint density at radius 2 is 0.861 bits per heavy atom. The SMILES string of the molecule is CCOc1ccc(CC(=O)CCCCC(=O)NCCC(=O)Nc2cc(C(=O)Nc3cn(C)c(C(=O)Nc4cc(C(=O)Nc5cn(C)c(C(=O)NCCCC(=O)Cc6cc(C(=O)Cc7cc(C(=O)Cc8cc(C(=O)Cc9cc(C(=O)CCCCN(C)C)n(C)c9)n(C)c8)n(C)c7)n(C)c6)n5)n(C)c4)n3)n(C)c2)cc1C(=O)Nc1ccc(Cl)c(C(F)(F)F)c1. The highest BCUT2D eigenvalue weighted by Crippen LogP contribution is 2.37. The van der Waals surface area contributed by atoms with Gasteiger partial charge in [-0.1, -0.05) is 17.7 Å². The lowest BCUT2D eigenvalue weighted by Gasteiger charge is -2.14. The number of nitrogens with one attached hydrogen (secondary N) is 7. The molecule has 10 aromatic rings. The van der Waals surface area contributed by atoms with Crippen molar-refractivity contribution in [2.75, 3.05) is 66.9 Å². The minimum Gasteiger partial charge on any atom is -0.493 e. The zero-order valence-electron chi connectivity index (χ0n) is 69.6. The fourth-order valence-electron chi connectivity index (χ4n) is 14.0. The Morgan fingerprint density at radius 1 is 0.402 bits per heavy atom. The highest BCUT2D eigenvalue weighted by molar-refractivity contribution is 6.31. The summed E-state index contributed by atoms with van der Waals surface area (Å²) in [4.78, 5) is 184. The first-order valence-electron chi connectivity index (χ1n) is 39.4. The fraction of sp³-hybridized carbons (Fsp3) is 0.360. The maximum absolute atomic E-state index is 13.7. The Kier molecular flexibility index (Phi) is 30.3. The van der Waals surface area contributed by atoms with Crippen molar-refractivity contribution < 1.29 is 80.2 Å². The average Bonchev–Trinajstić information content (AvgIpc) is 1.49. The van der Waals surface area contributed by atoms with E-state index in [1.54, 1.807) is 130 Å². The van der Waals surface area contributed by atoms with Crippen molar-refractivity contribution in [2.45, 2.75) is 109 Å². The Labute approximate surface area is 705 Å². The number of nitrogens with zero attached hydrogens (tertiary/aromatic N) is 11. The number of rotatable bonds is 43. The molecule has 644 valence electrons. The minimum absolute atomic E-state index is 0.00608. The summed E-state index contributed by atoms with van der Waals surface area (Å²) < 4.78 is 58.5. The van der Waals surface area contributed by atoms with Gasteiger partial charge in [0.2, 0.25) is 23.5 Å². The number of amides is 7. The third kappa shape index (κ3) is 24.5. The van der Waals surface area contributed by atoms with Gasteiger partial charge >= 0.3 is 6.18 Å². The average molecular weight is 1700 g/mol. The molecule has 0 bridgehead atoms. The summed E-state index contributed by atoms with van der Waals surface area (Å²) >= 11 is 5.73. The summed E-state index contributed by atoms with van der Waals surface area (Å²) in [6.07, 6.45) is 11.5. The van der Waals surface area contributed by atoms with Crippen LogP contribution in [0.15, 0.2) is 122 Å². The smallest absolute Gasteiger partial charge is 0.417 e. The van der Waals surface area contributed by atoms with Crippen molar-refractivity contribution in [1.29, 1.82) is 0 Å². The lowest BCUT2D eigenvalue weighted by Crippen LogP contribution is -2.27. The van der Waals surface area contributed by atoms with Crippen LogP contribution < -0.4 is 42.0 Å². The van der Waals surface area contributed by atoms with Crippen molar-refractivity contribution in [2.24, 2.45) is 56.4 Å². The summed E-state index contributed by atoms with van der Waals surface area (Å²) in [5.41, 5.74) is 4.32.